The lowest BCUT2D eigenvalue weighted by atomic mass is 9.73. The maximum atomic E-state index is 12.5. The fraction of sp³-hybridized carbons (Fsp3) is 0.481. The molecule has 0 heterocycles. The molecule has 0 spiro atoms. The SMILES string of the molecule is COc1cccc(C=C2CCCCC(CNCCN(C)C)C2(O)c2ccccc2OC)c1. The van der Waals surface area contributed by atoms with E-state index in [0.717, 1.165) is 73.5 Å². The van der Waals surface area contributed by atoms with Gasteiger partial charge in [-0.2, -0.15) is 0 Å². The molecule has 5 heteroatoms. The largest absolute Gasteiger partial charge is 0.497 e. The van der Waals surface area contributed by atoms with Crippen LogP contribution in [0.1, 0.15) is 36.8 Å². The summed E-state index contributed by atoms with van der Waals surface area (Å²) < 4.78 is 11.1. The number of aliphatic hydroxyl groups is 1. The minimum Gasteiger partial charge on any atom is -0.497 e. The number of ether oxygens (including phenoxy) is 2. The molecule has 2 N–H and O–H groups in total. The van der Waals surface area contributed by atoms with Crippen LogP contribution < -0.4 is 14.8 Å². The second-order valence-electron chi connectivity index (χ2n) is 8.86. The van der Waals surface area contributed by atoms with Gasteiger partial charge in [-0.1, -0.05) is 42.8 Å². The summed E-state index contributed by atoms with van der Waals surface area (Å²) in [6.45, 7) is 2.60. The number of rotatable bonds is 9. The fourth-order valence-corrected chi connectivity index (χ4v) is 4.66. The molecule has 0 saturated heterocycles. The Balaban J connectivity index is 2.05. The molecule has 1 aliphatic carbocycles. The van der Waals surface area contributed by atoms with Crippen molar-refractivity contribution in [3.63, 3.8) is 0 Å². The normalized spacial score (nSPS) is 22.7. The molecule has 2 aromatic rings. The molecule has 2 atom stereocenters. The van der Waals surface area contributed by atoms with Crippen molar-refractivity contribution in [2.24, 2.45) is 5.92 Å². The van der Waals surface area contributed by atoms with Gasteiger partial charge in [-0.3, -0.25) is 0 Å². The van der Waals surface area contributed by atoms with Crippen LogP contribution in [0, 0.1) is 5.92 Å². The summed E-state index contributed by atoms with van der Waals surface area (Å²) in [5.74, 6) is 1.59. The first-order valence-electron chi connectivity index (χ1n) is 11.6. The van der Waals surface area contributed by atoms with Crippen LogP contribution in [-0.4, -0.2) is 58.0 Å². The summed E-state index contributed by atoms with van der Waals surface area (Å²) in [6, 6.07) is 15.9. The van der Waals surface area contributed by atoms with Crippen LogP contribution in [0.3, 0.4) is 0 Å². The first-order chi connectivity index (χ1) is 15.5. The molecule has 5 nitrogen and oxygen atoms in total. The zero-order chi connectivity index (χ0) is 23.0. The summed E-state index contributed by atoms with van der Waals surface area (Å²) in [4.78, 5) is 2.17. The molecule has 0 aromatic heterocycles. The van der Waals surface area contributed by atoms with Crippen LogP contribution in [0.4, 0.5) is 0 Å². The van der Waals surface area contributed by atoms with Crippen molar-refractivity contribution < 1.29 is 14.6 Å². The first kappa shape index (κ1) is 24.3. The fourth-order valence-electron chi connectivity index (χ4n) is 4.66. The molecule has 2 aromatic carbocycles. The van der Waals surface area contributed by atoms with E-state index in [0.29, 0.717) is 0 Å². The second-order valence-corrected chi connectivity index (χ2v) is 8.86. The van der Waals surface area contributed by atoms with Crippen LogP contribution in [0.25, 0.3) is 6.08 Å². The monoisotopic (exact) mass is 438 g/mol. The standard InChI is InChI=1S/C27H38N2O3/c1-29(2)17-16-28-20-23-12-6-5-11-22(18-21-10-9-13-24(19-21)31-3)27(23,30)25-14-7-8-15-26(25)32-4/h7-10,13-15,18-19,23,28,30H,5-6,11-12,16-17,20H2,1-4H3. The van der Waals surface area contributed by atoms with Crippen molar-refractivity contribution in [2.45, 2.75) is 31.3 Å². The molecule has 1 fully saturated rings. The molecular weight excluding hydrogens is 400 g/mol. The number of hydrogen-bond acceptors (Lipinski definition) is 5. The zero-order valence-corrected chi connectivity index (χ0v) is 19.9. The van der Waals surface area contributed by atoms with Crippen LogP contribution in [0.15, 0.2) is 54.1 Å². The third-order valence-electron chi connectivity index (χ3n) is 6.41. The van der Waals surface area contributed by atoms with Crippen LogP contribution >= 0.6 is 0 Å². The predicted molar refractivity (Wildman–Crippen MR) is 131 cm³/mol. The Morgan fingerprint density at radius 1 is 1.09 bits per heavy atom. The van der Waals surface area contributed by atoms with Gasteiger partial charge in [-0.15, -0.1) is 0 Å². The van der Waals surface area contributed by atoms with E-state index in [2.05, 4.69) is 36.5 Å². The minimum atomic E-state index is -1.11. The first-order valence-corrected chi connectivity index (χ1v) is 11.6. The van der Waals surface area contributed by atoms with Gasteiger partial charge in [0.15, 0.2) is 0 Å². The molecule has 1 aliphatic rings. The van der Waals surface area contributed by atoms with Gasteiger partial charge >= 0.3 is 0 Å². The lowest BCUT2D eigenvalue weighted by molar-refractivity contribution is 0.00922. The molecule has 1 saturated carbocycles. The smallest absolute Gasteiger partial charge is 0.125 e. The van der Waals surface area contributed by atoms with Gasteiger partial charge in [-0.25, -0.2) is 0 Å². The number of hydrogen-bond donors (Lipinski definition) is 2. The van der Waals surface area contributed by atoms with Gasteiger partial charge < -0.3 is 24.8 Å². The second kappa shape index (κ2) is 11.5. The summed E-state index contributed by atoms with van der Waals surface area (Å²) in [6.07, 6.45) is 6.10. The Labute approximate surface area is 193 Å². The summed E-state index contributed by atoms with van der Waals surface area (Å²) >= 11 is 0. The topological polar surface area (TPSA) is 54.0 Å². The quantitative estimate of drug-likeness (QED) is 0.451. The number of nitrogens with one attached hydrogen (secondary N) is 1. The Bertz CT molecular complexity index is 896. The highest BCUT2D eigenvalue weighted by Crippen LogP contribution is 2.47. The molecular formula is C27H38N2O3. The molecule has 0 bridgehead atoms. The average Bonchev–Trinajstić information content (AvgIpc) is 2.96. The lowest BCUT2D eigenvalue weighted by Gasteiger charge is -2.38. The van der Waals surface area contributed by atoms with E-state index in [1.54, 1.807) is 14.2 Å². The highest BCUT2D eigenvalue weighted by atomic mass is 16.5. The summed E-state index contributed by atoms with van der Waals surface area (Å²) in [7, 11) is 7.51. The Kier molecular flexibility index (Phi) is 8.74. The molecule has 3 rings (SSSR count). The maximum absolute atomic E-state index is 12.5. The van der Waals surface area contributed by atoms with Crippen molar-refractivity contribution >= 4 is 6.08 Å². The van der Waals surface area contributed by atoms with Gasteiger partial charge in [-0.05, 0) is 62.7 Å². The third-order valence-corrected chi connectivity index (χ3v) is 6.41. The Morgan fingerprint density at radius 2 is 1.91 bits per heavy atom. The number of likely N-dealkylation sites (N-methyl/N-ethyl adjacent to an activating group) is 1. The van der Waals surface area contributed by atoms with E-state index in [4.69, 9.17) is 9.47 Å². The van der Waals surface area contributed by atoms with Crippen LogP contribution in [0.5, 0.6) is 11.5 Å². The van der Waals surface area contributed by atoms with Gasteiger partial charge in [0.2, 0.25) is 0 Å². The number of methoxy groups -OCH3 is 2. The van der Waals surface area contributed by atoms with Crippen molar-refractivity contribution in [3.05, 3.63) is 65.2 Å². The summed E-state index contributed by atoms with van der Waals surface area (Å²) in [5, 5.41) is 16.1. The molecule has 32 heavy (non-hydrogen) atoms. The molecule has 2 unspecified atom stereocenters. The Morgan fingerprint density at radius 3 is 2.66 bits per heavy atom. The van der Waals surface area contributed by atoms with Gasteiger partial charge in [0.05, 0.1) is 14.2 Å². The Hall–Kier alpha value is -2.34. The van der Waals surface area contributed by atoms with Crippen molar-refractivity contribution in [1.82, 2.24) is 10.2 Å². The molecule has 0 radical (unpaired) electrons. The van der Waals surface area contributed by atoms with E-state index in [1.807, 2.05) is 42.5 Å². The average molecular weight is 439 g/mol. The lowest BCUT2D eigenvalue weighted by Crippen LogP contribution is -2.43. The predicted octanol–water partition coefficient (Wildman–Crippen LogP) is 4.32. The maximum Gasteiger partial charge on any atom is 0.125 e. The van der Waals surface area contributed by atoms with E-state index < -0.39 is 5.60 Å². The van der Waals surface area contributed by atoms with E-state index >= 15 is 0 Å². The van der Waals surface area contributed by atoms with E-state index in [9.17, 15) is 5.11 Å². The molecule has 174 valence electrons. The minimum absolute atomic E-state index is 0.0420. The van der Waals surface area contributed by atoms with Crippen molar-refractivity contribution in [3.8, 4) is 11.5 Å². The van der Waals surface area contributed by atoms with Crippen molar-refractivity contribution in [2.75, 3.05) is 47.9 Å². The highest BCUT2D eigenvalue weighted by Gasteiger charge is 2.44. The third kappa shape index (κ3) is 5.71. The number of nitrogens with zero attached hydrogens (tertiary/aromatic N) is 1. The zero-order valence-electron chi connectivity index (χ0n) is 19.9. The van der Waals surface area contributed by atoms with Crippen LogP contribution in [0.2, 0.25) is 0 Å². The van der Waals surface area contributed by atoms with Crippen molar-refractivity contribution in [1.29, 1.82) is 0 Å². The van der Waals surface area contributed by atoms with Gasteiger partial charge in [0.1, 0.15) is 17.1 Å². The van der Waals surface area contributed by atoms with E-state index in [1.165, 1.54) is 0 Å². The highest BCUT2D eigenvalue weighted by molar-refractivity contribution is 5.60. The number of para-hydroxylation sites is 1. The number of benzene rings is 2. The van der Waals surface area contributed by atoms with Gasteiger partial charge in [0, 0.05) is 31.1 Å². The molecule has 0 aliphatic heterocycles. The van der Waals surface area contributed by atoms with Crippen LogP contribution in [-0.2, 0) is 5.60 Å². The summed E-state index contributed by atoms with van der Waals surface area (Å²) in [5.41, 5.74) is 1.80. The molecule has 0 amide bonds. The van der Waals surface area contributed by atoms with E-state index in [-0.39, 0.29) is 5.92 Å². The van der Waals surface area contributed by atoms with Gasteiger partial charge in [0.25, 0.3) is 0 Å².